The zero-order valence-corrected chi connectivity index (χ0v) is 14.8. The van der Waals surface area contributed by atoms with Crippen LogP contribution in [0.25, 0.3) is 22.4 Å². The average Bonchev–Trinajstić information content (AvgIpc) is 3.07. The van der Waals surface area contributed by atoms with Gasteiger partial charge in [0.15, 0.2) is 0 Å². The van der Waals surface area contributed by atoms with E-state index in [2.05, 4.69) is 35.9 Å². The van der Waals surface area contributed by atoms with Crippen LogP contribution in [-0.4, -0.2) is 9.97 Å². The van der Waals surface area contributed by atoms with Crippen molar-refractivity contribution in [3.8, 4) is 0 Å². The van der Waals surface area contributed by atoms with E-state index < -0.39 is 0 Å². The van der Waals surface area contributed by atoms with Gasteiger partial charge in [0.05, 0.1) is 5.39 Å². The first-order chi connectivity index (χ1) is 11.1. The van der Waals surface area contributed by atoms with Crippen LogP contribution in [0.2, 0.25) is 0 Å². The fourth-order valence-electron chi connectivity index (χ4n) is 3.15. The quantitative estimate of drug-likeness (QED) is 0.737. The predicted molar refractivity (Wildman–Crippen MR) is 99.4 cm³/mol. The number of rotatable bonds is 2. The highest BCUT2D eigenvalue weighted by Gasteiger charge is 2.22. The minimum Gasteiger partial charge on any atom is -0.306 e. The largest absolute Gasteiger partial charge is 0.306 e. The highest BCUT2D eigenvalue weighted by atomic mass is 32.1. The van der Waals surface area contributed by atoms with Crippen LogP contribution < -0.4 is 5.56 Å². The third kappa shape index (κ3) is 2.79. The van der Waals surface area contributed by atoms with Gasteiger partial charge in [-0.1, -0.05) is 6.92 Å². The fraction of sp³-hybridized carbons (Fsp3) is 0.333. The third-order valence-electron chi connectivity index (χ3n) is 4.35. The highest BCUT2D eigenvalue weighted by molar-refractivity contribution is 7.18. The predicted octanol–water partition coefficient (Wildman–Crippen LogP) is 4.65. The minimum absolute atomic E-state index is 0.00376. The van der Waals surface area contributed by atoms with Gasteiger partial charge in [-0.3, -0.25) is 4.79 Å². The van der Waals surface area contributed by atoms with E-state index in [1.807, 2.05) is 12.2 Å². The number of thiophene rings is 2. The van der Waals surface area contributed by atoms with Gasteiger partial charge in [-0.25, -0.2) is 4.98 Å². The van der Waals surface area contributed by atoms with Crippen molar-refractivity contribution < 1.29 is 0 Å². The third-order valence-corrected chi connectivity index (χ3v) is 6.46. The second-order valence-corrected chi connectivity index (χ2v) is 8.67. The summed E-state index contributed by atoms with van der Waals surface area (Å²) < 4.78 is 0. The molecule has 3 aromatic heterocycles. The molecule has 4 rings (SSSR count). The zero-order valence-electron chi connectivity index (χ0n) is 13.2. The Bertz CT molecular complexity index is 961. The highest BCUT2D eigenvalue weighted by Crippen LogP contribution is 2.35. The lowest BCUT2D eigenvalue weighted by Crippen LogP contribution is -2.13. The summed E-state index contributed by atoms with van der Waals surface area (Å²) in [6, 6.07) is 4.18. The summed E-state index contributed by atoms with van der Waals surface area (Å²) in [7, 11) is 0. The Morgan fingerprint density at radius 2 is 2.17 bits per heavy atom. The summed E-state index contributed by atoms with van der Waals surface area (Å²) in [4.78, 5) is 24.8. The van der Waals surface area contributed by atoms with E-state index in [1.54, 1.807) is 22.7 Å². The molecule has 0 amide bonds. The fourth-order valence-corrected chi connectivity index (χ4v) is 5.32. The van der Waals surface area contributed by atoms with Gasteiger partial charge in [-0.05, 0) is 62.0 Å². The van der Waals surface area contributed by atoms with Crippen molar-refractivity contribution >= 4 is 45.0 Å². The molecular weight excluding hydrogens is 324 g/mol. The van der Waals surface area contributed by atoms with E-state index in [-0.39, 0.29) is 5.56 Å². The second kappa shape index (κ2) is 5.73. The molecule has 118 valence electrons. The van der Waals surface area contributed by atoms with Crippen LogP contribution in [0.1, 0.15) is 39.4 Å². The monoisotopic (exact) mass is 342 g/mol. The number of fused-ring (bicyclic) bond motifs is 3. The average molecular weight is 342 g/mol. The molecule has 0 saturated heterocycles. The van der Waals surface area contributed by atoms with E-state index >= 15 is 0 Å². The summed E-state index contributed by atoms with van der Waals surface area (Å²) in [5, 5.41) is 0.820. The van der Waals surface area contributed by atoms with E-state index in [1.165, 1.54) is 20.2 Å². The van der Waals surface area contributed by atoms with E-state index in [4.69, 9.17) is 0 Å². The molecule has 3 heterocycles. The Morgan fingerprint density at radius 1 is 1.30 bits per heavy atom. The molecule has 0 aromatic carbocycles. The molecule has 0 radical (unpaired) electrons. The maximum atomic E-state index is 12.5. The maximum absolute atomic E-state index is 12.5. The number of aromatic amines is 1. The van der Waals surface area contributed by atoms with Crippen molar-refractivity contribution in [2.45, 2.75) is 33.1 Å². The van der Waals surface area contributed by atoms with Crippen molar-refractivity contribution in [3.05, 3.63) is 48.5 Å². The topological polar surface area (TPSA) is 45.8 Å². The van der Waals surface area contributed by atoms with E-state index in [9.17, 15) is 4.79 Å². The Kier molecular flexibility index (Phi) is 3.70. The number of aryl methyl sites for hydroxylation is 2. The van der Waals surface area contributed by atoms with Gasteiger partial charge in [0.25, 0.3) is 5.56 Å². The molecule has 1 aliphatic rings. The van der Waals surface area contributed by atoms with Gasteiger partial charge >= 0.3 is 0 Å². The van der Waals surface area contributed by atoms with Crippen LogP contribution in [0.3, 0.4) is 0 Å². The molecule has 23 heavy (non-hydrogen) atoms. The van der Waals surface area contributed by atoms with E-state index in [0.717, 1.165) is 29.5 Å². The molecule has 0 fully saturated rings. The Labute approximate surface area is 142 Å². The summed E-state index contributed by atoms with van der Waals surface area (Å²) in [6.45, 7) is 4.37. The first kappa shape index (κ1) is 14.8. The van der Waals surface area contributed by atoms with Gasteiger partial charge in [-0.15, -0.1) is 22.7 Å². The molecule has 0 unspecified atom stereocenters. The SMILES string of the molecule is Cc1ccc(/C=C/c2nc3sc4c(c3c(=O)[nH]2)CC[C@@H](C)C4)s1. The van der Waals surface area contributed by atoms with Gasteiger partial charge < -0.3 is 4.98 Å². The number of nitrogens with one attached hydrogen (secondary N) is 1. The molecule has 5 heteroatoms. The lowest BCUT2D eigenvalue weighted by molar-refractivity contribution is 0.509. The van der Waals surface area contributed by atoms with Crippen LogP contribution in [-0.2, 0) is 12.8 Å². The van der Waals surface area contributed by atoms with E-state index in [0.29, 0.717) is 11.7 Å². The standard InChI is InChI=1S/C18H18N2OS2/c1-10-3-7-13-14(9-10)23-18-16(13)17(21)19-15(20-18)8-6-12-5-4-11(2)22-12/h4-6,8,10H,3,7,9H2,1-2H3,(H,19,20,21)/b8-6+/t10-/m1/s1. The Hall–Kier alpha value is -1.72. The smallest absolute Gasteiger partial charge is 0.260 e. The molecular formula is C18H18N2OS2. The molecule has 0 aliphatic heterocycles. The first-order valence-corrected chi connectivity index (χ1v) is 9.52. The summed E-state index contributed by atoms with van der Waals surface area (Å²) in [6.07, 6.45) is 7.16. The van der Waals surface area contributed by atoms with Crippen LogP contribution >= 0.6 is 22.7 Å². The maximum Gasteiger partial charge on any atom is 0.260 e. The number of aromatic nitrogens is 2. The van der Waals surface area contributed by atoms with Crippen LogP contribution in [0.5, 0.6) is 0 Å². The van der Waals surface area contributed by atoms with Gasteiger partial charge in [0.1, 0.15) is 10.7 Å². The summed E-state index contributed by atoms with van der Waals surface area (Å²) >= 11 is 3.43. The zero-order chi connectivity index (χ0) is 16.0. The molecule has 0 bridgehead atoms. The van der Waals surface area contributed by atoms with Gasteiger partial charge in [0, 0.05) is 14.6 Å². The molecule has 1 atom stereocenters. The van der Waals surface area contributed by atoms with Crippen LogP contribution in [0, 0.1) is 12.8 Å². The molecule has 0 saturated carbocycles. The van der Waals surface area contributed by atoms with Crippen molar-refractivity contribution in [1.82, 2.24) is 9.97 Å². The van der Waals surface area contributed by atoms with Crippen molar-refractivity contribution in [2.24, 2.45) is 5.92 Å². The lowest BCUT2D eigenvalue weighted by Gasteiger charge is -2.17. The minimum atomic E-state index is 0.00376. The van der Waals surface area contributed by atoms with Gasteiger partial charge in [-0.2, -0.15) is 0 Å². The summed E-state index contributed by atoms with van der Waals surface area (Å²) in [5.74, 6) is 1.34. The Morgan fingerprint density at radius 3 is 2.96 bits per heavy atom. The molecule has 3 aromatic rings. The van der Waals surface area contributed by atoms with Crippen LogP contribution in [0.15, 0.2) is 16.9 Å². The number of hydrogen-bond donors (Lipinski definition) is 1. The Balaban J connectivity index is 1.75. The number of hydrogen-bond acceptors (Lipinski definition) is 4. The molecule has 1 N–H and O–H groups in total. The molecule has 1 aliphatic carbocycles. The number of H-pyrrole nitrogens is 1. The van der Waals surface area contributed by atoms with Crippen LogP contribution in [0.4, 0.5) is 0 Å². The normalized spacial score (nSPS) is 17.9. The van der Waals surface area contributed by atoms with Crippen molar-refractivity contribution in [2.75, 3.05) is 0 Å². The molecule has 0 spiro atoms. The number of nitrogens with zero attached hydrogens (tertiary/aromatic N) is 1. The lowest BCUT2D eigenvalue weighted by atomic mass is 9.89. The van der Waals surface area contributed by atoms with Crippen molar-refractivity contribution in [1.29, 1.82) is 0 Å². The summed E-state index contributed by atoms with van der Waals surface area (Å²) in [5.41, 5.74) is 1.24. The second-order valence-electron chi connectivity index (χ2n) is 6.26. The first-order valence-electron chi connectivity index (χ1n) is 7.89. The van der Waals surface area contributed by atoms with Crippen molar-refractivity contribution in [3.63, 3.8) is 0 Å². The van der Waals surface area contributed by atoms with Gasteiger partial charge in [0.2, 0.25) is 0 Å². The molecule has 3 nitrogen and oxygen atoms in total.